The van der Waals surface area contributed by atoms with Crippen LogP contribution in [-0.2, 0) is 4.74 Å². The molecule has 1 aliphatic heterocycles. The fraction of sp³-hybridized carbons (Fsp3) is 0.500. The average Bonchev–Trinajstić information content (AvgIpc) is 3.00. The predicted molar refractivity (Wildman–Crippen MR) is 91.9 cm³/mol. The van der Waals surface area contributed by atoms with Gasteiger partial charge in [0.2, 0.25) is 0 Å². The summed E-state index contributed by atoms with van der Waals surface area (Å²) in [6.45, 7) is 9.30. The lowest BCUT2D eigenvalue weighted by atomic mass is 10.1. The lowest BCUT2D eigenvalue weighted by Gasteiger charge is -2.26. The number of amides is 1. The Bertz CT molecular complexity index is 672. The van der Waals surface area contributed by atoms with Crippen molar-refractivity contribution in [2.45, 2.75) is 19.9 Å². The van der Waals surface area contributed by atoms with Gasteiger partial charge < -0.3 is 14.6 Å². The maximum Gasteiger partial charge on any atom is 0.252 e. The van der Waals surface area contributed by atoms with E-state index in [1.54, 1.807) is 0 Å². The molecule has 1 aliphatic rings. The minimum atomic E-state index is 0.00497. The van der Waals surface area contributed by atoms with Gasteiger partial charge in [-0.25, -0.2) is 0 Å². The number of nitrogens with one attached hydrogen (secondary N) is 1. The topological polar surface area (TPSA) is 46.5 Å². The van der Waals surface area contributed by atoms with Crippen molar-refractivity contribution in [3.8, 4) is 0 Å². The maximum absolute atomic E-state index is 12.5. The van der Waals surface area contributed by atoms with Crippen LogP contribution in [0.2, 0.25) is 0 Å². The lowest BCUT2D eigenvalue weighted by molar-refractivity contribution is 0.0383. The van der Waals surface area contributed by atoms with Gasteiger partial charge in [0, 0.05) is 54.9 Å². The number of rotatable bonds is 5. The van der Waals surface area contributed by atoms with Gasteiger partial charge in [-0.1, -0.05) is 6.07 Å². The van der Waals surface area contributed by atoms with Gasteiger partial charge in [-0.3, -0.25) is 9.69 Å². The minimum Gasteiger partial charge on any atom is -0.379 e. The van der Waals surface area contributed by atoms with Gasteiger partial charge in [-0.15, -0.1) is 0 Å². The molecule has 0 aliphatic carbocycles. The van der Waals surface area contributed by atoms with Crippen molar-refractivity contribution < 1.29 is 9.53 Å². The Morgan fingerprint density at radius 3 is 2.78 bits per heavy atom. The molecule has 23 heavy (non-hydrogen) atoms. The van der Waals surface area contributed by atoms with Gasteiger partial charge >= 0.3 is 0 Å². The molecule has 1 amide bonds. The largest absolute Gasteiger partial charge is 0.379 e. The molecular weight excluding hydrogens is 290 g/mol. The Morgan fingerprint density at radius 1 is 1.26 bits per heavy atom. The van der Waals surface area contributed by atoms with Crippen LogP contribution in [0.3, 0.4) is 0 Å². The monoisotopic (exact) mass is 315 g/mol. The third-order valence-corrected chi connectivity index (χ3v) is 4.38. The van der Waals surface area contributed by atoms with E-state index in [1.165, 1.54) is 0 Å². The Hall–Kier alpha value is -1.85. The number of nitrogens with zero attached hydrogens (tertiary/aromatic N) is 2. The maximum atomic E-state index is 12.5. The van der Waals surface area contributed by atoms with Gasteiger partial charge in [0.25, 0.3) is 5.91 Å². The van der Waals surface area contributed by atoms with Crippen LogP contribution in [0.25, 0.3) is 10.9 Å². The third-order valence-electron chi connectivity index (χ3n) is 4.38. The summed E-state index contributed by atoms with van der Waals surface area (Å²) in [7, 11) is 0. The molecule has 0 unspecified atom stereocenters. The zero-order valence-corrected chi connectivity index (χ0v) is 13.9. The fourth-order valence-corrected chi connectivity index (χ4v) is 3.08. The minimum absolute atomic E-state index is 0.00497. The second kappa shape index (κ2) is 7.15. The Kier molecular flexibility index (Phi) is 4.98. The fourth-order valence-electron chi connectivity index (χ4n) is 3.08. The molecule has 124 valence electrons. The highest BCUT2D eigenvalue weighted by molar-refractivity contribution is 6.06. The molecule has 5 nitrogen and oxygen atoms in total. The van der Waals surface area contributed by atoms with Gasteiger partial charge in [-0.2, -0.15) is 0 Å². The van der Waals surface area contributed by atoms with E-state index in [0.29, 0.717) is 12.6 Å². The number of carbonyl (C=O) groups is 1. The first-order valence-electron chi connectivity index (χ1n) is 8.34. The summed E-state index contributed by atoms with van der Waals surface area (Å²) >= 11 is 0. The van der Waals surface area contributed by atoms with Crippen molar-refractivity contribution in [2.75, 3.05) is 39.4 Å². The van der Waals surface area contributed by atoms with Crippen molar-refractivity contribution in [1.82, 2.24) is 14.8 Å². The lowest BCUT2D eigenvalue weighted by Crippen LogP contribution is -2.41. The SMILES string of the molecule is CC(C)n1ccc2c(C(=O)NCCN3CCOCC3)cccc21. The summed E-state index contributed by atoms with van der Waals surface area (Å²) in [6, 6.07) is 8.34. The molecule has 1 aromatic carbocycles. The molecule has 0 saturated carbocycles. The molecule has 0 bridgehead atoms. The highest BCUT2D eigenvalue weighted by Gasteiger charge is 2.14. The van der Waals surface area contributed by atoms with Gasteiger partial charge in [0.1, 0.15) is 0 Å². The number of morpholine rings is 1. The van der Waals surface area contributed by atoms with Crippen molar-refractivity contribution in [3.05, 3.63) is 36.0 Å². The molecule has 0 atom stereocenters. The van der Waals surface area contributed by atoms with E-state index in [1.807, 2.05) is 18.2 Å². The molecular formula is C18H25N3O2. The second-order valence-corrected chi connectivity index (χ2v) is 6.27. The summed E-state index contributed by atoms with van der Waals surface area (Å²) in [5.74, 6) is 0.00497. The van der Waals surface area contributed by atoms with Crippen molar-refractivity contribution in [1.29, 1.82) is 0 Å². The number of ether oxygens (including phenoxy) is 1. The van der Waals surface area contributed by atoms with E-state index < -0.39 is 0 Å². The summed E-state index contributed by atoms with van der Waals surface area (Å²) in [4.78, 5) is 14.8. The van der Waals surface area contributed by atoms with Crippen LogP contribution in [0.15, 0.2) is 30.5 Å². The molecule has 1 saturated heterocycles. The Balaban J connectivity index is 1.66. The zero-order valence-electron chi connectivity index (χ0n) is 13.9. The van der Waals surface area contributed by atoms with Crippen LogP contribution in [0.5, 0.6) is 0 Å². The summed E-state index contributed by atoms with van der Waals surface area (Å²) in [5, 5.41) is 4.06. The molecule has 1 fully saturated rings. The molecule has 2 aromatic rings. The first kappa shape index (κ1) is 16.0. The molecule has 5 heteroatoms. The molecule has 3 rings (SSSR count). The number of carbonyl (C=O) groups excluding carboxylic acids is 1. The van der Waals surface area contributed by atoms with Crippen LogP contribution in [-0.4, -0.2) is 54.8 Å². The first-order chi connectivity index (χ1) is 11.2. The zero-order chi connectivity index (χ0) is 16.2. The third kappa shape index (κ3) is 3.57. The van der Waals surface area contributed by atoms with Crippen molar-refractivity contribution >= 4 is 16.8 Å². The van der Waals surface area contributed by atoms with Gasteiger partial charge in [0.15, 0.2) is 0 Å². The highest BCUT2D eigenvalue weighted by atomic mass is 16.5. The van der Waals surface area contributed by atoms with E-state index in [2.05, 4.69) is 40.9 Å². The summed E-state index contributed by atoms with van der Waals surface area (Å²) in [5.41, 5.74) is 1.87. The molecule has 2 heterocycles. The number of aromatic nitrogens is 1. The van der Waals surface area contributed by atoms with Crippen LogP contribution in [0, 0.1) is 0 Å². The van der Waals surface area contributed by atoms with Crippen LogP contribution < -0.4 is 5.32 Å². The average molecular weight is 315 g/mol. The van der Waals surface area contributed by atoms with Gasteiger partial charge in [0.05, 0.1) is 13.2 Å². The molecule has 1 N–H and O–H groups in total. The first-order valence-corrected chi connectivity index (χ1v) is 8.34. The number of hydrogen-bond donors (Lipinski definition) is 1. The van der Waals surface area contributed by atoms with E-state index in [-0.39, 0.29) is 5.91 Å². The van der Waals surface area contributed by atoms with Crippen LogP contribution >= 0.6 is 0 Å². The number of fused-ring (bicyclic) bond motifs is 1. The van der Waals surface area contributed by atoms with Crippen molar-refractivity contribution in [3.63, 3.8) is 0 Å². The standard InChI is InChI=1S/C18H25N3O2/c1-14(2)21-8-6-15-16(4-3-5-17(15)21)18(22)19-7-9-20-10-12-23-13-11-20/h3-6,8,14H,7,9-13H2,1-2H3,(H,19,22). The van der Waals surface area contributed by atoms with Crippen molar-refractivity contribution in [2.24, 2.45) is 0 Å². The van der Waals surface area contributed by atoms with Gasteiger partial charge in [-0.05, 0) is 32.0 Å². The van der Waals surface area contributed by atoms with Crippen LogP contribution in [0.1, 0.15) is 30.2 Å². The molecule has 0 spiro atoms. The Labute approximate surface area is 137 Å². The smallest absolute Gasteiger partial charge is 0.252 e. The van der Waals surface area contributed by atoms with E-state index >= 15 is 0 Å². The number of hydrogen-bond acceptors (Lipinski definition) is 3. The van der Waals surface area contributed by atoms with E-state index in [0.717, 1.165) is 49.3 Å². The van der Waals surface area contributed by atoms with E-state index in [4.69, 9.17) is 4.74 Å². The molecule has 0 radical (unpaired) electrons. The highest BCUT2D eigenvalue weighted by Crippen LogP contribution is 2.23. The predicted octanol–water partition coefficient (Wildman–Crippen LogP) is 2.28. The van der Waals surface area contributed by atoms with E-state index in [9.17, 15) is 4.79 Å². The molecule has 1 aromatic heterocycles. The normalized spacial score (nSPS) is 16.1. The van der Waals surface area contributed by atoms with Crippen LogP contribution in [0.4, 0.5) is 0 Å². The summed E-state index contributed by atoms with van der Waals surface area (Å²) in [6.07, 6.45) is 2.06. The second-order valence-electron chi connectivity index (χ2n) is 6.27. The number of benzene rings is 1. The Morgan fingerprint density at radius 2 is 2.04 bits per heavy atom. The summed E-state index contributed by atoms with van der Waals surface area (Å²) < 4.78 is 7.53. The quantitative estimate of drug-likeness (QED) is 0.921.